The molecule has 0 saturated carbocycles. The Labute approximate surface area is 57.8 Å². The molecule has 1 atom stereocenters. The first-order valence-corrected chi connectivity index (χ1v) is 3.02. The van der Waals surface area contributed by atoms with E-state index in [1.807, 2.05) is 6.92 Å². The van der Waals surface area contributed by atoms with E-state index < -0.39 is 0 Å². The smallest absolute Gasteiger partial charge is 0.168 e. The number of alkyl halides is 1. The second-order valence-corrected chi connectivity index (χ2v) is 2.43. The molecule has 0 spiro atoms. The number of aryl methyl sites for hydroxylation is 1. The zero-order chi connectivity index (χ0) is 6.85. The molecule has 0 aromatic carbocycles. The lowest BCUT2D eigenvalue weighted by Crippen LogP contribution is -1.99. The fourth-order valence-corrected chi connectivity index (χ4v) is 0.758. The SMILES string of the molecule is C[C@H](Cl)c1nnnn1C. The van der Waals surface area contributed by atoms with Crippen molar-refractivity contribution in [1.82, 2.24) is 20.2 Å². The van der Waals surface area contributed by atoms with Gasteiger partial charge in [0.1, 0.15) is 0 Å². The van der Waals surface area contributed by atoms with Crippen LogP contribution in [0.5, 0.6) is 0 Å². The Balaban J connectivity index is 2.94. The summed E-state index contributed by atoms with van der Waals surface area (Å²) in [5.41, 5.74) is 0. The lowest BCUT2D eigenvalue weighted by atomic mass is 10.4. The van der Waals surface area contributed by atoms with Gasteiger partial charge in [0.15, 0.2) is 5.82 Å². The molecule has 0 amide bonds. The summed E-state index contributed by atoms with van der Waals surface area (Å²) < 4.78 is 1.55. The molecule has 1 aromatic heterocycles. The van der Waals surface area contributed by atoms with E-state index in [1.165, 1.54) is 0 Å². The fourth-order valence-electron chi connectivity index (χ4n) is 0.573. The zero-order valence-electron chi connectivity index (χ0n) is 5.24. The number of aromatic nitrogens is 4. The highest BCUT2D eigenvalue weighted by molar-refractivity contribution is 6.20. The van der Waals surface area contributed by atoms with E-state index in [0.717, 1.165) is 0 Å². The van der Waals surface area contributed by atoms with Crippen molar-refractivity contribution in [3.8, 4) is 0 Å². The van der Waals surface area contributed by atoms with Gasteiger partial charge in [-0.1, -0.05) is 0 Å². The van der Waals surface area contributed by atoms with Crippen LogP contribution in [0.3, 0.4) is 0 Å². The van der Waals surface area contributed by atoms with Crippen molar-refractivity contribution in [2.45, 2.75) is 12.3 Å². The average molecular weight is 147 g/mol. The zero-order valence-corrected chi connectivity index (χ0v) is 6.00. The molecule has 0 saturated heterocycles. The normalized spacial score (nSPS) is 13.7. The van der Waals surface area contributed by atoms with Crippen molar-refractivity contribution in [3.63, 3.8) is 0 Å². The molecular formula is C4H7ClN4. The largest absolute Gasteiger partial charge is 0.231 e. The topological polar surface area (TPSA) is 43.6 Å². The van der Waals surface area contributed by atoms with Crippen molar-refractivity contribution in [2.24, 2.45) is 7.05 Å². The number of rotatable bonds is 1. The third kappa shape index (κ3) is 1.18. The van der Waals surface area contributed by atoms with Crippen LogP contribution in [0, 0.1) is 0 Å². The molecule has 0 N–H and O–H groups in total. The maximum absolute atomic E-state index is 5.69. The summed E-state index contributed by atoms with van der Waals surface area (Å²) >= 11 is 5.69. The Hall–Kier alpha value is -0.640. The van der Waals surface area contributed by atoms with Crippen molar-refractivity contribution < 1.29 is 0 Å². The molecule has 0 aliphatic carbocycles. The summed E-state index contributed by atoms with van der Waals surface area (Å²) in [5, 5.41) is 10.6. The van der Waals surface area contributed by atoms with E-state index in [-0.39, 0.29) is 5.38 Å². The maximum Gasteiger partial charge on any atom is 0.168 e. The van der Waals surface area contributed by atoms with Gasteiger partial charge in [0.2, 0.25) is 0 Å². The van der Waals surface area contributed by atoms with Crippen LogP contribution >= 0.6 is 11.6 Å². The summed E-state index contributed by atoms with van der Waals surface area (Å²) in [5.74, 6) is 0.691. The van der Waals surface area contributed by atoms with E-state index >= 15 is 0 Å². The predicted molar refractivity (Wildman–Crippen MR) is 33.1 cm³/mol. The van der Waals surface area contributed by atoms with Crippen molar-refractivity contribution in [2.75, 3.05) is 0 Å². The molecule has 50 valence electrons. The van der Waals surface area contributed by atoms with E-state index in [0.29, 0.717) is 5.82 Å². The van der Waals surface area contributed by atoms with Gasteiger partial charge in [-0.3, -0.25) is 0 Å². The standard InChI is InChI=1S/C4H7ClN4/c1-3(5)4-6-7-8-9(4)2/h3H,1-2H3/t3-/m0/s1. The number of nitrogens with zero attached hydrogens (tertiary/aromatic N) is 4. The predicted octanol–water partition coefficient (Wildman–Crippen LogP) is 0.510. The van der Waals surface area contributed by atoms with Gasteiger partial charge in [-0.15, -0.1) is 16.7 Å². The van der Waals surface area contributed by atoms with Gasteiger partial charge in [-0.25, -0.2) is 4.68 Å². The first-order valence-electron chi connectivity index (χ1n) is 2.58. The molecule has 9 heavy (non-hydrogen) atoms. The third-order valence-corrected chi connectivity index (χ3v) is 1.20. The summed E-state index contributed by atoms with van der Waals surface area (Å²) in [6.07, 6.45) is 0. The molecule has 1 aromatic rings. The lowest BCUT2D eigenvalue weighted by Gasteiger charge is -1.96. The Morgan fingerprint density at radius 1 is 1.67 bits per heavy atom. The fraction of sp³-hybridized carbons (Fsp3) is 0.750. The van der Waals surface area contributed by atoms with Crippen molar-refractivity contribution >= 4 is 11.6 Å². The minimum atomic E-state index is -0.120. The molecule has 5 heteroatoms. The van der Waals surface area contributed by atoms with Crippen LogP contribution < -0.4 is 0 Å². The van der Waals surface area contributed by atoms with Crippen LogP contribution in [0.25, 0.3) is 0 Å². The summed E-state index contributed by atoms with van der Waals surface area (Å²) in [4.78, 5) is 0. The first kappa shape index (κ1) is 6.48. The Kier molecular flexibility index (Phi) is 1.66. The number of halogens is 1. The van der Waals surface area contributed by atoms with E-state index in [1.54, 1.807) is 11.7 Å². The second-order valence-electron chi connectivity index (χ2n) is 1.78. The minimum absolute atomic E-state index is 0.120. The summed E-state index contributed by atoms with van der Waals surface area (Å²) in [7, 11) is 1.76. The minimum Gasteiger partial charge on any atom is -0.231 e. The Bertz CT molecular complexity index is 194. The van der Waals surface area contributed by atoms with Gasteiger partial charge in [0, 0.05) is 7.05 Å². The van der Waals surface area contributed by atoms with Gasteiger partial charge < -0.3 is 0 Å². The molecule has 0 radical (unpaired) electrons. The van der Waals surface area contributed by atoms with Crippen LogP contribution in [-0.4, -0.2) is 20.2 Å². The molecule has 0 bridgehead atoms. The maximum atomic E-state index is 5.69. The van der Waals surface area contributed by atoms with Crippen molar-refractivity contribution in [3.05, 3.63) is 5.82 Å². The Morgan fingerprint density at radius 2 is 2.33 bits per heavy atom. The van der Waals surface area contributed by atoms with E-state index in [2.05, 4.69) is 15.5 Å². The third-order valence-electron chi connectivity index (χ3n) is 1.01. The van der Waals surface area contributed by atoms with Crippen molar-refractivity contribution in [1.29, 1.82) is 0 Å². The highest BCUT2D eigenvalue weighted by atomic mass is 35.5. The monoisotopic (exact) mass is 146 g/mol. The molecule has 0 aliphatic heterocycles. The average Bonchev–Trinajstić information content (AvgIpc) is 2.13. The van der Waals surface area contributed by atoms with Gasteiger partial charge >= 0.3 is 0 Å². The van der Waals surface area contributed by atoms with E-state index in [9.17, 15) is 0 Å². The molecule has 0 aliphatic rings. The highest BCUT2D eigenvalue weighted by Gasteiger charge is 2.06. The van der Waals surface area contributed by atoms with Gasteiger partial charge in [0.05, 0.1) is 5.38 Å². The first-order chi connectivity index (χ1) is 4.22. The molecule has 4 nitrogen and oxygen atoms in total. The van der Waals surface area contributed by atoms with Crippen LogP contribution in [-0.2, 0) is 7.05 Å². The number of hydrogen-bond acceptors (Lipinski definition) is 3. The summed E-state index contributed by atoms with van der Waals surface area (Å²) in [6, 6.07) is 0. The molecule has 0 unspecified atom stereocenters. The highest BCUT2D eigenvalue weighted by Crippen LogP contribution is 2.13. The second kappa shape index (κ2) is 2.31. The van der Waals surface area contributed by atoms with E-state index in [4.69, 9.17) is 11.6 Å². The van der Waals surface area contributed by atoms with Crippen LogP contribution in [0.2, 0.25) is 0 Å². The lowest BCUT2D eigenvalue weighted by molar-refractivity contribution is 0.677. The van der Waals surface area contributed by atoms with Gasteiger partial charge in [-0.2, -0.15) is 0 Å². The van der Waals surface area contributed by atoms with Gasteiger partial charge in [0.25, 0.3) is 0 Å². The molecular weight excluding hydrogens is 140 g/mol. The van der Waals surface area contributed by atoms with Crippen LogP contribution in [0.4, 0.5) is 0 Å². The molecule has 1 heterocycles. The Morgan fingerprint density at radius 3 is 2.56 bits per heavy atom. The van der Waals surface area contributed by atoms with Gasteiger partial charge in [-0.05, 0) is 17.4 Å². The molecule has 1 rings (SSSR count). The quantitative estimate of drug-likeness (QED) is 0.543. The number of tetrazole rings is 1. The summed E-state index contributed by atoms with van der Waals surface area (Å²) in [6.45, 7) is 1.83. The van der Waals surface area contributed by atoms with Crippen LogP contribution in [0.15, 0.2) is 0 Å². The van der Waals surface area contributed by atoms with Crippen LogP contribution in [0.1, 0.15) is 18.1 Å². The number of hydrogen-bond donors (Lipinski definition) is 0. The molecule has 0 fully saturated rings.